The van der Waals surface area contributed by atoms with E-state index in [1.54, 1.807) is 0 Å². The molecule has 3 aliphatic rings. The molecule has 0 aliphatic carbocycles. The Morgan fingerprint density at radius 2 is 1.83 bits per heavy atom. The molecule has 0 spiro atoms. The molecule has 1 aromatic rings. The molecule has 0 N–H and O–H groups in total. The fourth-order valence-electron chi connectivity index (χ4n) is 4.01. The predicted molar refractivity (Wildman–Crippen MR) is 90.8 cm³/mol. The Morgan fingerprint density at radius 1 is 1.08 bits per heavy atom. The first-order chi connectivity index (χ1) is 11.7. The van der Waals surface area contributed by atoms with Crippen molar-refractivity contribution >= 4 is 17.5 Å². The third-order valence-corrected chi connectivity index (χ3v) is 5.52. The van der Waals surface area contributed by atoms with Crippen molar-refractivity contribution in [2.24, 2.45) is 0 Å². The summed E-state index contributed by atoms with van der Waals surface area (Å²) in [6.07, 6.45) is 2.91. The van der Waals surface area contributed by atoms with Gasteiger partial charge in [-0.15, -0.1) is 0 Å². The number of likely N-dealkylation sites (tertiary alicyclic amines) is 1. The summed E-state index contributed by atoms with van der Waals surface area (Å²) in [6.45, 7) is 3.63. The predicted octanol–water partition coefficient (Wildman–Crippen LogP) is 2.45. The molecule has 0 bridgehead atoms. The van der Waals surface area contributed by atoms with Crippen LogP contribution < -0.4 is 0 Å². The summed E-state index contributed by atoms with van der Waals surface area (Å²) in [5.41, 5.74) is 1.09. The Balaban J connectivity index is 1.62. The molecule has 24 heavy (non-hydrogen) atoms. The quantitative estimate of drug-likeness (QED) is 0.821. The van der Waals surface area contributed by atoms with Crippen LogP contribution in [0.1, 0.15) is 30.7 Å². The van der Waals surface area contributed by atoms with Gasteiger partial charge in [0.2, 0.25) is 0 Å². The fourth-order valence-corrected chi connectivity index (χ4v) is 4.14. The Bertz CT molecular complexity index is 588. The van der Waals surface area contributed by atoms with Crippen molar-refractivity contribution < 1.29 is 14.4 Å². The minimum absolute atomic E-state index is 0.0167. The van der Waals surface area contributed by atoms with Gasteiger partial charge in [-0.1, -0.05) is 23.7 Å². The van der Waals surface area contributed by atoms with Gasteiger partial charge in [-0.2, -0.15) is 5.06 Å². The van der Waals surface area contributed by atoms with E-state index in [-0.39, 0.29) is 17.9 Å². The minimum atomic E-state index is -0.462. The largest absolute Gasteiger partial charge is 0.378 e. The lowest BCUT2D eigenvalue weighted by Gasteiger charge is -2.31. The van der Waals surface area contributed by atoms with E-state index in [9.17, 15) is 4.79 Å². The van der Waals surface area contributed by atoms with Crippen LogP contribution in [0.15, 0.2) is 24.3 Å². The highest BCUT2D eigenvalue weighted by Gasteiger charge is 2.49. The molecule has 0 radical (unpaired) electrons. The molecular weight excluding hydrogens is 328 g/mol. The number of piperidine rings is 1. The zero-order chi connectivity index (χ0) is 16.5. The molecule has 3 atom stereocenters. The zero-order valence-electron chi connectivity index (χ0n) is 13.7. The highest BCUT2D eigenvalue weighted by Crippen LogP contribution is 2.39. The van der Waals surface area contributed by atoms with Crippen LogP contribution in [0.4, 0.5) is 0 Å². The topological polar surface area (TPSA) is 42.0 Å². The van der Waals surface area contributed by atoms with Gasteiger partial charge in [-0.25, -0.2) is 0 Å². The molecule has 0 unspecified atom stereocenters. The average molecular weight is 351 g/mol. The normalized spacial score (nSPS) is 31.0. The van der Waals surface area contributed by atoms with E-state index in [1.807, 2.05) is 34.2 Å². The second kappa shape index (κ2) is 7.00. The van der Waals surface area contributed by atoms with Crippen molar-refractivity contribution in [3.05, 3.63) is 34.9 Å². The van der Waals surface area contributed by atoms with Crippen LogP contribution >= 0.6 is 11.6 Å². The van der Waals surface area contributed by atoms with Crippen LogP contribution in [0, 0.1) is 0 Å². The van der Waals surface area contributed by atoms with E-state index in [4.69, 9.17) is 21.2 Å². The lowest BCUT2D eigenvalue weighted by Crippen LogP contribution is -2.44. The third-order valence-electron chi connectivity index (χ3n) is 5.27. The maximum Gasteiger partial charge on any atom is 0.254 e. The summed E-state index contributed by atoms with van der Waals surface area (Å²) >= 11 is 6.03. The third kappa shape index (κ3) is 3.06. The number of fused-ring (bicyclic) bond motifs is 1. The number of hydroxylamine groups is 2. The molecule has 6 heteroatoms. The standard InChI is InChI=1S/C18H23ClN2O3/c19-14-6-4-13(5-7-14)16-15-12-23-11-10-21(15)24-17(16)18(22)20-8-2-1-3-9-20/h4-7,15-17H,1-3,8-12H2/t15-,16-,17-/m1/s1. The van der Waals surface area contributed by atoms with Crippen LogP contribution in [0.2, 0.25) is 5.02 Å². The van der Waals surface area contributed by atoms with Gasteiger partial charge in [0.05, 0.1) is 19.3 Å². The second-order valence-electron chi connectivity index (χ2n) is 6.77. The number of benzene rings is 1. The summed E-state index contributed by atoms with van der Waals surface area (Å²) in [4.78, 5) is 21.2. The van der Waals surface area contributed by atoms with E-state index < -0.39 is 6.10 Å². The number of carbonyl (C=O) groups is 1. The van der Waals surface area contributed by atoms with Crippen molar-refractivity contribution in [3.8, 4) is 0 Å². The van der Waals surface area contributed by atoms with E-state index in [0.29, 0.717) is 24.8 Å². The van der Waals surface area contributed by atoms with Crippen LogP contribution in [-0.4, -0.2) is 60.9 Å². The van der Waals surface area contributed by atoms with Gasteiger partial charge in [-0.05, 0) is 37.0 Å². The second-order valence-corrected chi connectivity index (χ2v) is 7.21. The van der Waals surface area contributed by atoms with E-state index in [1.165, 1.54) is 6.42 Å². The van der Waals surface area contributed by atoms with Gasteiger partial charge in [-0.3, -0.25) is 9.63 Å². The number of amides is 1. The van der Waals surface area contributed by atoms with Gasteiger partial charge < -0.3 is 9.64 Å². The molecule has 3 aliphatic heterocycles. The number of nitrogens with zero attached hydrogens (tertiary/aromatic N) is 2. The maximum absolute atomic E-state index is 13.1. The summed E-state index contributed by atoms with van der Waals surface area (Å²) < 4.78 is 5.66. The Labute approximate surface area is 147 Å². The number of carbonyl (C=O) groups excluding carboxylic acids is 1. The molecule has 3 fully saturated rings. The Morgan fingerprint density at radius 3 is 2.58 bits per heavy atom. The fraction of sp³-hybridized carbons (Fsp3) is 0.611. The van der Waals surface area contributed by atoms with Crippen LogP contribution in [0.5, 0.6) is 0 Å². The lowest BCUT2D eigenvalue weighted by atomic mass is 9.86. The van der Waals surface area contributed by atoms with Crippen LogP contribution in [0.3, 0.4) is 0 Å². The smallest absolute Gasteiger partial charge is 0.254 e. The van der Waals surface area contributed by atoms with Gasteiger partial charge in [0.15, 0.2) is 6.10 Å². The maximum atomic E-state index is 13.1. The molecule has 5 nitrogen and oxygen atoms in total. The number of hydrogen-bond acceptors (Lipinski definition) is 4. The highest BCUT2D eigenvalue weighted by atomic mass is 35.5. The molecule has 3 heterocycles. The van der Waals surface area contributed by atoms with Gasteiger partial charge in [0.25, 0.3) is 5.91 Å². The van der Waals surface area contributed by atoms with E-state index in [0.717, 1.165) is 31.5 Å². The van der Waals surface area contributed by atoms with Crippen molar-refractivity contribution in [1.82, 2.24) is 9.96 Å². The van der Waals surface area contributed by atoms with Crippen molar-refractivity contribution in [2.45, 2.75) is 37.3 Å². The van der Waals surface area contributed by atoms with Crippen molar-refractivity contribution in [2.75, 3.05) is 32.8 Å². The summed E-state index contributed by atoms with van der Waals surface area (Å²) in [7, 11) is 0. The molecular formula is C18H23ClN2O3. The minimum Gasteiger partial charge on any atom is -0.378 e. The number of ether oxygens (including phenoxy) is 1. The summed E-state index contributed by atoms with van der Waals surface area (Å²) in [5, 5.41) is 2.66. The van der Waals surface area contributed by atoms with Gasteiger partial charge in [0, 0.05) is 30.6 Å². The SMILES string of the molecule is O=C([C@@H]1ON2CCOC[C@@H]2[C@H]1c1ccc(Cl)cc1)N1CCCCC1. The number of rotatable bonds is 2. The molecule has 4 rings (SSSR count). The molecule has 1 amide bonds. The summed E-state index contributed by atoms with van der Waals surface area (Å²) in [5.74, 6) is 0.0982. The molecule has 130 valence electrons. The van der Waals surface area contributed by atoms with E-state index in [2.05, 4.69) is 0 Å². The average Bonchev–Trinajstić information content (AvgIpc) is 3.02. The van der Waals surface area contributed by atoms with Crippen molar-refractivity contribution in [1.29, 1.82) is 0 Å². The van der Waals surface area contributed by atoms with Gasteiger partial charge in [0.1, 0.15) is 0 Å². The highest BCUT2D eigenvalue weighted by molar-refractivity contribution is 6.30. The van der Waals surface area contributed by atoms with Crippen molar-refractivity contribution in [3.63, 3.8) is 0 Å². The molecule has 0 aromatic heterocycles. The monoisotopic (exact) mass is 350 g/mol. The Hall–Kier alpha value is -1.14. The number of morpholine rings is 1. The first kappa shape index (κ1) is 16.3. The first-order valence-corrected chi connectivity index (χ1v) is 9.17. The molecule has 3 saturated heterocycles. The molecule has 0 saturated carbocycles. The molecule has 1 aromatic carbocycles. The zero-order valence-corrected chi connectivity index (χ0v) is 14.5. The van der Waals surface area contributed by atoms with Gasteiger partial charge >= 0.3 is 0 Å². The Kier molecular flexibility index (Phi) is 4.77. The van der Waals surface area contributed by atoms with Crippen LogP contribution in [0.25, 0.3) is 0 Å². The first-order valence-electron chi connectivity index (χ1n) is 8.79. The number of hydrogen-bond donors (Lipinski definition) is 0. The van der Waals surface area contributed by atoms with E-state index >= 15 is 0 Å². The lowest BCUT2D eigenvalue weighted by molar-refractivity contribution is -0.202. The number of halogens is 1. The summed E-state index contributed by atoms with van der Waals surface area (Å²) in [6, 6.07) is 7.85. The van der Waals surface area contributed by atoms with Crippen LogP contribution in [-0.2, 0) is 14.4 Å².